The van der Waals surface area contributed by atoms with Crippen molar-refractivity contribution in [2.24, 2.45) is 8.80 Å². The molecule has 142 valence electrons. The Morgan fingerprint density at radius 3 is 1.73 bits per heavy atom. The Labute approximate surface area is 161 Å². The van der Waals surface area contributed by atoms with Crippen LogP contribution >= 0.6 is 24.5 Å². The standard InChI is InChI=1S/C16H22N4O4S2/c1-5-11(3)19-25-23-15(21)17-13-8-7-9-14(10-13)18-16(22)24-26-20-12(4)6-2/h7-10H,5-6H2,1-4H3,(H,17,21)(H,18,22)/b19-11+,20-12+. The average Bonchev–Trinajstić information content (AvgIpc) is 2.61. The highest BCUT2D eigenvalue weighted by Gasteiger charge is 2.07. The van der Waals surface area contributed by atoms with Crippen molar-refractivity contribution >= 4 is 59.4 Å². The van der Waals surface area contributed by atoms with Gasteiger partial charge in [0.2, 0.25) is 24.5 Å². The van der Waals surface area contributed by atoms with Gasteiger partial charge < -0.3 is 8.37 Å². The van der Waals surface area contributed by atoms with Crippen molar-refractivity contribution < 1.29 is 18.0 Å². The summed E-state index contributed by atoms with van der Waals surface area (Å²) < 4.78 is 17.7. The topological polar surface area (TPSA) is 101 Å². The molecule has 2 N–H and O–H groups in total. The molecule has 8 nitrogen and oxygen atoms in total. The highest BCUT2D eigenvalue weighted by molar-refractivity contribution is 7.94. The maximum absolute atomic E-state index is 11.7. The zero-order chi connectivity index (χ0) is 19.4. The lowest BCUT2D eigenvalue weighted by molar-refractivity contribution is 0.222. The number of amides is 2. The molecule has 0 bridgehead atoms. The molecule has 1 aromatic rings. The second kappa shape index (κ2) is 12.2. The van der Waals surface area contributed by atoms with E-state index < -0.39 is 12.2 Å². The van der Waals surface area contributed by atoms with Gasteiger partial charge in [0.05, 0.1) is 0 Å². The van der Waals surface area contributed by atoms with Gasteiger partial charge in [-0.1, -0.05) is 19.9 Å². The second-order valence-corrected chi connectivity index (χ2v) is 6.08. The summed E-state index contributed by atoms with van der Waals surface area (Å²) in [4.78, 5) is 23.4. The van der Waals surface area contributed by atoms with Crippen LogP contribution in [0.3, 0.4) is 0 Å². The lowest BCUT2D eigenvalue weighted by atomic mass is 10.3. The monoisotopic (exact) mass is 398 g/mol. The Bertz CT molecular complexity index is 627. The van der Waals surface area contributed by atoms with Crippen molar-refractivity contribution in [3.05, 3.63) is 24.3 Å². The van der Waals surface area contributed by atoms with Gasteiger partial charge in [-0.2, -0.15) is 8.80 Å². The molecule has 10 heteroatoms. The van der Waals surface area contributed by atoms with Crippen LogP contribution in [-0.2, 0) is 8.37 Å². The van der Waals surface area contributed by atoms with Crippen LogP contribution in [0, 0.1) is 0 Å². The van der Waals surface area contributed by atoms with E-state index in [9.17, 15) is 9.59 Å². The third-order valence-electron chi connectivity index (χ3n) is 2.99. The van der Waals surface area contributed by atoms with Gasteiger partial charge in [-0.3, -0.25) is 10.6 Å². The molecule has 1 rings (SSSR count). The van der Waals surface area contributed by atoms with Crippen LogP contribution in [0.25, 0.3) is 0 Å². The molecule has 0 saturated carbocycles. The zero-order valence-electron chi connectivity index (χ0n) is 15.1. The second-order valence-electron chi connectivity index (χ2n) is 5.08. The van der Waals surface area contributed by atoms with E-state index in [2.05, 4.69) is 19.4 Å². The van der Waals surface area contributed by atoms with Crippen LogP contribution in [-0.4, -0.2) is 23.6 Å². The number of rotatable bonds is 8. The minimum atomic E-state index is -0.665. The van der Waals surface area contributed by atoms with E-state index in [1.807, 2.05) is 27.7 Å². The first-order valence-corrected chi connectivity index (χ1v) is 9.30. The van der Waals surface area contributed by atoms with E-state index in [0.717, 1.165) is 24.3 Å². The summed E-state index contributed by atoms with van der Waals surface area (Å²) >= 11 is 1.42. The number of nitrogens with zero attached hydrogens (tertiary/aromatic N) is 2. The molecule has 0 aliphatic heterocycles. The third-order valence-corrected chi connectivity index (χ3v) is 4.22. The van der Waals surface area contributed by atoms with E-state index in [-0.39, 0.29) is 0 Å². The van der Waals surface area contributed by atoms with Crippen molar-refractivity contribution in [3.63, 3.8) is 0 Å². The summed E-state index contributed by atoms with van der Waals surface area (Å²) in [6.07, 6.45) is 0.233. The first-order chi connectivity index (χ1) is 12.4. The van der Waals surface area contributed by atoms with Gasteiger partial charge >= 0.3 is 12.2 Å². The van der Waals surface area contributed by atoms with Crippen LogP contribution in [0.15, 0.2) is 33.1 Å². The molecule has 0 fully saturated rings. The molecule has 0 atom stereocenters. The van der Waals surface area contributed by atoms with Gasteiger partial charge in [-0.25, -0.2) is 9.59 Å². The third kappa shape index (κ3) is 9.33. The van der Waals surface area contributed by atoms with E-state index in [1.165, 1.54) is 0 Å². The molecule has 26 heavy (non-hydrogen) atoms. The Balaban J connectivity index is 2.49. The van der Waals surface area contributed by atoms with Gasteiger partial charge in [0.15, 0.2) is 0 Å². The lowest BCUT2D eigenvalue weighted by Crippen LogP contribution is -2.12. The Morgan fingerprint density at radius 1 is 0.923 bits per heavy atom. The molecule has 0 unspecified atom stereocenters. The van der Waals surface area contributed by atoms with Gasteiger partial charge in [-0.15, -0.1) is 0 Å². The lowest BCUT2D eigenvalue weighted by Gasteiger charge is -2.07. The quantitative estimate of drug-likeness (QED) is 0.333. The highest BCUT2D eigenvalue weighted by Crippen LogP contribution is 2.18. The summed E-state index contributed by atoms with van der Waals surface area (Å²) in [5.74, 6) is 0. The zero-order valence-corrected chi connectivity index (χ0v) is 16.7. The number of hydrogen-bond acceptors (Lipinski definition) is 8. The van der Waals surface area contributed by atoms with E-state index >= 15 is 0 Å². The smallest absolute Gasteiger partial charge is 0.351 e. The fourth-order valence-electron chi connectivity index (χ4n) is 1.31. The van der Waals surface area contributed by atoms with Crippen LogP contribution in [0.5, 0.6) is 0 Å². The van der Waals surface area contributed by atoms with Crippen molar-refractivity contribution in [2.75, 3.05) is 10.6 Å². The predicted molar refractivity (Wildman–Crippen MR) is 109 cm³/mol. The predicted octanol–water partition coefficient (Wildman–Crippen LogP) is 5.65. The van der Waals surface area contributed by atoms with Crippen molar-refractivity contribution in [2.45, 2.75) is 40.5 Å². The molecule has 0 aliphatic rings. The van der Waals surface area contributed by atoms with Crippen LogP contribution < -0.4 is 10.6 Å². The fraction of sp³-hybridized carbons (Fsp3) is 0.375. The molecule has 0 saturated heterocycles. The highest BCUT2D eigenvalue weighted by atomic mass is 32.2. The fourth-order valence-corrected chi connectivity index (χ4v) is 2.12. The van der Waals surface area contributed by atoms with Crippen LogP contribution in [0.1, 0.15) is 40.5 Å². The van der Waals surface area contributed by atoms with E-state index in [0.29, 0.717) is 35.8 Å². The molecular weight excluding hydrogens is 376 g/mol. The molecule has 0 heterocycles. The van der Waals surface area contributed by atoms with Crippen LogP contribution in [0.4, 0.5) is 21.0 Å². The molecule has 0 spiro atoms. The molecule has 0 aromatic heterocycles. The number of benzene rings is 1. The van der Waals surface area contributed by atoms with Gasteiger partial charge in [0.25, 0.3) is 0 Å². The van der Waals surface area contributed by atoms with Crippen LogP contribution in [0.2, 0.25) is 0 Å². The Morgan fingerprint density at radius 2 is 1.35 bits per heavy atom. The molecule has 0 radical (unpaired) electrons. The minimum Gasteiger partial charge on any atom is -0.351 e. The normalized spacial score (nSPS) is 11.7. The SMILES string of the molecule is CC/C(C)=N/SOC(=O)Nc1cccc(NC(=O)OS/N=C(\C)CC)c1. The Hall–Kier alpha value is -2.20. The number of carbonyl (C=O) groups is 2. The largest absolute Gasteiger partial charge is 0.425 e. The summed E-state index contributed by atoms with van der Waals surface area (Å²) in [6.45, 7) is 7.60. The first kappa shape index (κ1) is 21.8. The number of carbonyl (C=O) groups excluding carboxylic acids is 2. The summed E-state index contributed by atoms with van der Waals surface area (Å²) in [6, 6.07) is 6.56. The average molecular weight is 399 g/mol. The van der Waals surface area contributed by atoms with Gasteiger partial charge in [-0.05, 0) is 44.9 Å². The minimum absolute atomic E-state index is 0.456. The maximum atomic E-state index is 11.7. The maximum Gasteiger partial charge on any atom is 0.425 e. The molecule has 2 amide bonds. The van der Waals surface area contributed by atoms with Gasteiger partial charge in [0.1, 0.15) is 0 Å². The summed E-state index contributed by atoms with van der Waals surface area (Å²) in [7, 11) is 0. The van der Waals surface area contributed by atoms with E-state index in [4.69, 9.17) is 8.37 Å². The number of hydrogen-bond donors (Lipinski definition) is 2. The molecule has 0 aliphatic carbocycles. The van der Waals surface area contributed by atoms with Crippen molar-refractivity contribution in [3.8, 4) is 0 Å². The van der Waals surface area contributed by atoms with Crippen molar-refractivity contribution in [1.29, 1.82) is 0 Å². The summed E-state index contributed by atoms with van der Waals surface area (Å²) in [5.41, 5.74) is 2.64. The first-order valence-electron chi connectivity index (χ1n) is 7.90. The van der Waals surface area contributed by atoms with Gasteiger partial charge in [0, 0.05) is 22.8 Å². The number of nitrogens with one attached hydrogen (secondary N) is 2. The van der Waals surface area contributed by atoms with E-state index in [1.54, 1.807) is 24.3 Å². The molecular formula is C16H22N4O4S2. The Kier molecular flexibility index (Phi) is 10.3. The molecule has 1 aromatic carbocycles. The van der Waals surface area contributed by atoms with Crippen molar-refractivity contribution in [1.82, 2.24) is 0 Å². The number of anilines is 2. The summed E-state index contributed by atoms with van der Waals surface area (Å²) in [5, 5.41) is 5.09.